The Labute approximate surface area is 86.9 Å². The Morgan fingerprint density at radius 2 is 1.50 bits per heavy atom. The highest BCUT2D eigenvalue weighted by Gasteiger charge is 2.71. The standard InChI is InChI=1S/C8H9F7O/c1-2-16-5-3-4-6(9,10)7(11,12)8(13,14)15/h3-4H,2,5H2,1H3/b4-3+. The van der Waals surface area contributed by atoms with Crippen molar-refractivity contribution in [1.29, 1.82) is 0 Å². The number of rotatable bonds is 5. The largest absolute Gasteiger partial charge is 0.460 e. The zero-order chi connectivity index (χ0) is 13.0. The molecular formula is C8H9F7O. The molecule has 0 aliphatic carbocycles. The van der Waals surface area contributed by atoms with Gasteiger partial charge in [0.05, 0.1) is 6.61 Å². The molecule has 0 unspecified atom stereocenters. The highest BCUT2D eigenvalue weighted by atomic mass is 19.4. The highest BCUT2D eigenvalue weighted by Crippen LogP contribution is 2.46. The first-order valence-corrected chi connectivity index (χ1v) is 4.14. The number of alkyl halides is 7. The van der Waals surface area contributed by atoms with Gasteiger partial charge in [0.15, 0.2) is 0 Å². The van der Waals surface area contributed by atoms with Gasteiger partial charge in [-0.3, -0.25) is 0 Å². The molecule has 1 nitrogen and oxygen atoms in total. The predicted molar refractivity (Wildman–Crippen MR) is 41.6 cm³/mol. The number of hydrogen-bond acceptors (Lipinski definition) is 1. The summed E-state index contributed by atoms with van der Waals surface area (Å²) in [5.41, 5.74) is 0. The van der Waals surface area contributed by atoms with Gasteiger partial charge in [-0.05, 0) is 13.0 Å². The fraction of sp³-hybridized carbons (Fsp3) is 0.750. The van der Waals surface area contributed by atoms with Crippen LogP contribution < -0.4 is 0 Å². The third-order valence-corrected chi connectivity index (χ3v) is 1.52. The van der Waals surface area contributed by atoms with Crippen LogP contribution in [0.2, 0.25) is 0 Å². The Morgan fingerprint density at radius 1 is 1.00 bits per heavy atom. The van der Waals surface area contributed by atoms with Gasteiger partial charge in [0.25, 0.3) is 0 Å². The maximum atomic E-state index is 12.5. The van der Waals surface area contributed by atoms with Gasteiger partial charge in [0.1, 0.15) is 0 Å². The average Bonchev–Trinajstić information content (AvgIpc) is 2.10. The summed E-state index contributed by atoms with van der Waals surface area (Å²) < 4.78 is 88.8. The SMILES string of the molecule is CCOC/C=C/C(F)(F)C(F)(F)C(F)(F)F. The molecule has 0 atom stereocenters. The second kappa shape index (κ2) is 5.03. The molecule has 0 spiro atoms. The molecule has 0 amide bonds. The predicted octanol–water partition coefficient (Wildman–Crippen LogP) is 3.41. The van der Waals surface area contributed by atoms with E-state index in [2.05, 4.69) is 4.74 Å². The highest BCUT2D eigenvalue weighted by molar-refractivity contribution is 5.05. The third kappa shape index (κ3) is 3.36. The first-order valence-electron chi connectivity index (χ1n) is 4.14. The van der Waals surface area contributed by atoms with Crippen LogP contribution in [0, 0.1) is 0 Å². The second-order valence-electron chi connectivity index (χ2n) is 2.76. The molecule has 0 aliphatic rings. The molecule has 0 aromatic heterocycles. The monoisotopic (exact) mass is 254 g/mol. The zero-order valence-electron chi connectivity index (χ0n) is 8.12. The molecule has 0 aliphatic heterocycles. The molecule has 0 fully saturated rings. The Bertz CT molecular complexity index is 243. The summed E-state index contributed by atoms with van der Waals surface area (Å²) in [6.45, 7) is 1.18. The number of halogens is 7. The molecule has 0 saturated carbocycles. The smallest absolute Gasteiger partial charge is 0.378 e. The molecule has 0 radical (unpaired) electrons. The Balaban J connectivity index is 4.71. The fourth-order valence-electron chi connectivity index (χ4n) is 0.676. The van der Waals surface area contributed by atoms with Crippen LogP contribution in [0.3, 0.4) is 0 Å². The van der Waals surface area contributed by atoms with Crippen molar-refractivity contribution in [3.8, 4) is 0 Å². The van der Waals surface area contributed by atoms with E-state index in [0.29, 0.717) is 6.08 Å². The first kappa shape index (κ1) is 15.2. The van der Waals surface area contributed by atoms with E-state index in [9.17, 15) is 30.7 Å². The second-order valence-corrected chi connectivity index (χ2v) is 2.76. The molecule has 0 heterocycles. The van der Waals surface area contributed by atoms with Gasteiger partial charge >= 0.3 is 18.0 Å². The summed E-state index contributed by atoms with van der Waals surface area (Å²) in [5, 5.41) is 0. The van der Waals surface area contributed by atoms with Crippen molar-refractivity contribution in [3.05, 3.63) is 12.2 Å². The van der Waals surface area contributed by atoms with Crippen molar-refractivity contribution in [2.24, 2.45) is 0 Å². The van der Waals surface area contributed by atoms with Gasteiger partial charge in [-0.15, -0.1) is 0 Å². The van der Waals surface area contributed by atoms with Crippen LogP contribution in [-0.4, -0.2) is 31.2 Å². The van der Waals surface area contributed by atoms with Crippen LogP contribution in [0.25, 0.3) is 0 Å². The van der Waals surface area contributed by atoms with Crippen LogP contribution in [0.4, 0.5) is 30.7 Å². The number of ether oxygens (including phenoxy) is 1. The maximum absolute atomic E-state index is 12.5. The summed E-state index contributed by atoms with van der Waals surface area (Å²) in [6, 6.07) is 0. The molecule has 0 bridgehead atoms. The lowest BCUT2D eigenvalue weighted by Gasteiger charge is -2.25. The zero-order valence-corrected chi connectivity index (χ0v) is 8.12. The quantitative estimate of drug-likeness (QED) is 0.415. The van der Waals surface area contributed by atoms with E-state index < -0.39 is 30.7 Å². The van der Waals surface area contributed by atoms with Crippen LogP contribution in [0.5, 0.6) is 0 Å². The first-order chi connectivity index (χ1) is 7.06. The molecule has 8 heteroatoms. The minimum absolute atomic E-state index is 0.131. The lowest BCUT2D eigenvalue weighted by atomic mass is 10.1. The molecule has 0 rings (SSSR count). The van der Waals surface area contributed by atoms with E-state index >= 15 is 0 Å². The van der Waals surface area contributed by atoms with Crippen molar-refractivity contribution >= 4 is 0 Å². The number of hydrogen-bond donors (Lipinski definition) is 0. The maximum Gasteiger partial charge on any atom is 0.460 e. The van der Waals surface area contributed by atoms with Gasteiger partial charge in [-0.25, -0.2) is 0 Å². The van der Waals surface area contributed by atoms with Crippen molar-refractivity contribution in [2.45, 2.75) is 24.9 Å². The molecule has 16 heavy (non-hydrogen) atoms. The van der Waals surface area contributed by atoms with Crippen molar-refractivity contribution in [1.82, 2.24) is 0 Å². The van der Waals surface area contributed by atoms with E-state index in [1.165, 1.54) is 6.92 Å². The van der Waals surface area contributed by atoms with Gasteiger partial charge < -0.3 is 4.74 Å². The van der Waals surface area contributed by atoms with Crippen LogP contribution in [-0.2, 0) is 4.74 Å². The van der Waals surface area contributed by atoms with Crippen molar-refractivity contribution in [2.75, 3.05) is 13.2 Å². The summed E-state index contributed by atoms with van der Waals surface area (Å²) in [4.78, 5) is 0. The van der Waals surface area contributed by atoms with E-state index in [1.807, 2.05) is 0 Å². The van der Waals surface area contributed by atoms with E-state index in [0.717, 1.165) is 0 Å². The molecule has 0 N–H and O–H groups in total. The lowest BCUT2D eigenvalue weighted by molar-refractivity contribution is -0.341. The topological polar surface area (TPSA) is 9.23 Å². The van der Waals surface area contributed by atoms with E-state index in [-0.39, 0.29) is 6.61 Å². The lowest BCUT2D eigenvalue weighted by Crippen LogP contribution is -2.50. The summed E-state index contributed by atoms with van der Waals surface area (Å²) in [7, 11) is 0. The Morgan fingerprint density at radius 3 is 1.88 bits per heavy atom. The third-order valence-electron chi connectivity index (χ3n) is 1.52. The molecule has 0 saturated heterocycles. The normalized spacial score (nSPS) is 14.8. The van der Waals surface area contributed by atoms with Gasteiger partial charge in [0, 0.05) is 6.61 Å². The molecule has 96 valence electrons. The summed E-state index contributed by atoms with van der Waals surface area (Å²) in [5.74, 6) is -11.4. The number of allylic oxidation sites excluding steroid dienone is 1. The fourth-order valence-corrected chi connectivity index (χ4v) is 0.676. The molecular weight excluding hydrogens is 245 g/mol. The van der Waals surface area contributed by atoms with Gasteiger partial charge in [0.2, 0.25) is 0 Å². The van der Waals surface area contributed by atoms with Gasteiger partial charge in [-0.1, -0.05) is 6.08 Å². The average molecular weight is 254 g/mol. The molecule has 0 aromatic carbocycles. The van der Waals surface area contributed by atoms with E-state index in [4.69, 9.17) is 0 Å². The Hall–Kier alpha value is -0.790. The van der Waals surface area contributed by atoms with Crippen molar-refractivity contribution in [3.63, 3.8) is 0 Å². The van der Waals surface area contributed by atoms with Gasteiger partial charge in [-0.2, -0.15) is 30.7 Å². The van der Waals surface area contributed by atoms with Crippen LogP contribution >= 0.6 is 0 Å². The molecule has 0 aromatic rings. The minimum atomic E-state index is -6.30. The van der Waals surface area contributed by atoms with Crippen molar-refractivity contribution < 1.29 is 35.5 Å². The van der Waals surface area contributed by atoms with Crippen LogP contribution in [0.1, 0.15) is 6.92 Å². The summed E-state index contributed by atoms with van der Waals surface area (Å²) >= 11 is 0. The van der Waals surface area contributed by atoms with Crippen LogP contribution in [0.15, 0.2) is 12.2 Å². The summed E-state index contributed by atoms with van der Waals surface area (Å²) in [6.07, 6.45) is -6.38. The minimum Gasteiger partial charge on any atom is -0.378 e. The van der Waals surface area contributed by atoms with E-state index in [1.54, 1.807) is 0 Å². The Kier molecular flexibility index (Phi) is 4.78.